The first-order valence-electron chi connectivity index (χ1n) is 12.4. The minimum absolute atomic E-state index is 0.160. The molecule has 1 aliphatic heterocycles. The van der Waals surface area contributed by atoms with Crippen LogP contribution in [0.25, 0.3) is 11.0 Å². The van der Waals surface area contributed by atoms with E-state index in [2.05, 4.69) is 14.9 Å². The molecule has 0 bridgehead atoms. The van der Waals surface area contributed by atoms with Crippen molar-refractivity contribution in [2.24, 2.45) is 7.05 Å². The summed E-state index contributed by atoms with van der Waals surface area (Å²) in [5.74, 6) is -0.627. The van der Waals surface area contributed by atoms with Crippen LogP contribution in [0.5, 0.6) is 0 Å². The fraction of sp³-hybridized carbons (Fsp3) is 0.462. The number of anilines is 1. The van der Waals surface area contributed by atoms with Gasteiger partial charge in [-0.15, -0.1) is 0 Å². The van der Waals surface area contributed by atoms with Gasteiger partial charge in [0.15, 0.2) is 5.82 Å². The van der Waals surface area contributed by atoms with Crippen LogP contribution in [0.2, 0.25) is 5.15 Å². The Kier molecular flexibility index (Phi) is 7.98. The van der Waals surface area contributed by atoms with Gasteiger partial charge in [0.05, 0.1) is 17.5 Å². The van der Waals surface area contributed by atoms with Gasteiger partial charge in [0.2, 0.25) is 0 Å². The number of carboxylic acids is 1. The van der Waals surface area contributed by atoms with Crippen LogP contribution >= 0.6 is 11.6 Å². The monoisotopic (exact) mass is 551 g/mol. The van der Waals surface area contributed by atoms with Crippen LogP contribution in [0.15, 0.2) is 41.2 Å². The summed E-state index contributed by atoms with van der Waals surface area (Å²) in [4.78, 5) is 37.4. The zero-order valence-electron chi connectivity index (χ0n) is 21.2. The SMILES string of the molecule is CC[C@H]1CN(C(CC(=O)O)c2ccc(C(F)(F)F)cc2)[C@H](CC)CN1c1nc(=O)n(C)c2ccc(Cl)nc12. The smallest absolute Gasteiger partial charge is 0.416 e. The molecule has 1 unspecified atom stereocenters. The molecule has 1 fully saturated rings. The fourth-order valence-corrected chi connectivity index (χ4v) is 5.34. The number of carboxylic acid groups (broad SMARTS) is 1. The van der Waals surface area contributed by atoms with E-state index in [9.17, 15) is 27.9 Å². The Bertz CT molecular complexity index is 1380. The molecule has 0 spiro atoms. The molecule has 2 aromatic heterocycles. The predicted molar refractivity (Wildman–Crippen MR) is 138 cm³/mol. The van der Waals surface area contributed by atoms with Crippen LogP contribution in [0.1, 0.15) is 50.3 Å². The number of carbonyl (C=O) groups is 1. The van der Waals surface area contributed by atoms with Crippen molar-refractivity contribution in [1.29, 1.82) is 0 Å². The van der Waals surface area contributed by atoms with E-state index in [0.717, 1.165) is 12.1 Å². The Balaban J connectivity index is 1.75. The van der Waals surface area contributed by atoms with Crippen molar-refractivity contribution in [3.63, 3.8) is 0 Å². The maximum atomic E-state index is 13.1. The summed E-state index contributed by atoms with van der Waals surface area (Å²) in [6.45, 7) is 4.80. The van der Waals surface area contributed by atoms with Gasteiger partial charge in [-0.3, -0.25) is 14.3 Å². The van der Waals surface area contributed by atoms with Crippen LogP contribution in [-0.4, -0.2) is 55.7 Å². The fourth-order valence-electron chi connectivity index (χ4n) is 5.20. The molecule has 1 aromatic carbocycles. The molecule has 0 saturated carbocycles. The molecule has 0 amide bonds. The highest BCUT2D eigenvalue weighted by atomic mass is 35.5. The topological polar surface area (TPSA) is 91.6 Å². The quantitative estimate of drug-likeness (QED) is 0.418. The minimum atomic E-state index is -4.48. The Morgan fingerprint density at radius 2 is 1.74 bits per heavy atom. The lowest BCUT2D eigenvalue weighted by molar-refractivity contribution is -0.139. The van der Waals surface area contributed by atoms with E-state index in [1.165, 1.54) is 16.7 Å². The summed E-state index contributed by atoms with van der Waals surface area (Å²) in [5, 5.41) is 9.95. The molecule has 8 nitrogen and oxygen atoms in total. The second-order valence-corrected chi connectivity index (χ2v) is 9.87. The van der Waals surface area contributed by atoms with Gasteiger partial charge in [0.1, 0.15) is 10.7 Å². The highest BCUT2D eigenvalue weighted by Gasteiger charge is 2.39. The van der Waals surface area contributed by atoms with Crippen molar-refractivity contribution in [2.75, 3.05) is 18.0 Å². The predicted octanol–water partition coefficient (Wildman–Crippen LogP) is 4.90. The molecule has 38 heavy (non-hydrogen) atoms. The Hall–Kier alpha value is -3.18. The first-order valence-corrected chi connectivity index (χ1v) is 12.8. The van der Waals surface area contributed by atoms with Crippen LogP contribution < -0.4 is 10.6 Å². The number of rotatable bonds is 7. The van der Waals surface area contributed by atoms with Gasteiger partial charge in [-0.1, -0.05) is 37.6 Å². The lowest BCUT2D eigenvalue weighted by atomic mass is 9.94. The molecule has 0 radical (unpaired) electrons. The molecule has 12 heteroatoms. The third-order valence-electron chi connectivity index (χ3n) is 7.25. The number of aromatic nitrogens is 3. The largest absolute Gasteiger partial charge is 0.481 e. The molecule has 1 N–H and O–H groups in total. The van der Waals surface area contributed by atoms with Crippen LogP contribution in [-0.2, 0) is 18.0 Å². The number of fused-ring (bicyclic) bond motifs is 1. The molecule has 0 aliphatic carbocycles. The first-order chi connectivity index (χ1) is 17.9. The number of piperazine rings is 1. The van der Waals surface area contributed by atoms with Gasteiger partial charge in [-0.2, -0.15) is 18.2 Å². The maximum Gasteiger partial charge on any atom is 0.416 e. The molecule has 3 aromatic rings. The van der Waals surface area contributed by atoms with Crippen LogP contribution in [0.4, 0.5) is 19.0 Å². The zero-order valence-corrected chi connectivity index (χ0v) is 22.0. The number of pyridine rings is 1. The molecule has 3 atom stereocenters. The van der Waals surface area contributed by atoms with E-state index in [4.69, 9.17) is 11.6 Å². The second-order valence-electron chi connectivity index (χ2n) is 9.49. The molecular formula is C26H29ClF3N5O3. The van der Waals surface area contributed by atoms with Gasteiger partial charge < -0.3 is 10.0 Å². The molecule has 4 rings (SSSR count). The lowest BCUT2D eigenvalue weighted by Gasteiger charge is -2.49. The van der Waals surface area contributed by atoms with E-state index < -0.39 is 29.4 Å². The Morgan fingerprint density at radius 3 is 2.32 bits per heavy atom. The number of halogens is 4. The van der Waals surface area contributed by atoms with Crippen molar-refractivity contribution in [1.82, 2.24) is 19.4 Å². The van der Waals surface area contributed by atoms with Crippen molar-refractivity contribution in [3.8, 4) is 0 Å². The summed E-state index contributed by atoms with van der Waals surface area (Å²) in [6.07, 6.45) is -3.45. The van der Waals surface area contributed by atoms with E-state index in [-0.39, 0.29) is 23.7 Å². The molecular weight excluding hydrogens is 523 g/mol. The van der Waals surface area contributed by atoms with Gasteiger partial charge in [0, 0.05) is 38.3 Å². The standard InChI is InChI=1S/C26H29ClF3N5O3/c1-4-17-14-35(24-23-19(10-11-21(27)31-23)33(3)25(38)32-24)18(5-2)13-34(17)20(12-22(36)37)15-6-8-16(9-7-15)26(28,29)30/h6-11,17-18,20H,4-5,12-14H2,1-3H3,(H,36,37)/t17-,18+,20?/m1/s1. The molecule has 1 aliphatic rings. The van der Waals surface area contributed by atoms with E-state index in [0.29, 0.717) is 48.3 Å². The van der Waals surface area contributed by atoms with Gasteiger partial charge in [-0.05, 0) is 42.7 Å². The third-order valence-corrected chi connectivity index (χ3v) is 7.46. The van der Waals surface area contributed by atoms with E-state index in [1.54, 1.807) is 19.2 Å². The molecule has 1 saturated heterocycles. The summed E-state index contributed by atoms with van der Waals surface area (Å²) < 4.78 is 40.8. The van der Waals surface area contributed by atoms with Gasteiger partial charge in [0.25, 0.3) is 0 Å². The average Bonchev–Trinajstić information content (AvgIpc) is 2.88. The Labute approximate surface area is 222 Å². The third kappa shape index (κ3) is 5.49. The first kappa shape index (κ1) is 27.8. The number of hydrogen-bond donors (Lipinski definition) is 1. The van der Waals surface area contributed by atoms with Crippen molar-refractivity contribution in [2.45, 2.75) is 57.4 Å². The average molecular weight is 552 g/mol. The molecule has 204 valence electrons. The van der Waals surface area contributed by atoms with E-state index in [1.807, 2.05) is 18.7 Å². The summed E-state index contributed by atoms with van der Waals surface area (Å²) in [6, 6.07) is 7.08. The second kappa shape index (κ2) is 10.9. The summed E-state index contributed by atoms with van der Waals surface area (Å²) in [7, 11) is 1.61. The number of hydrogen-bond acceptors (Lipinski definition) is 6. The van der Waals surface area contributed by atoms with Crippen LogP contribution in [0, 0.1) is 0 Å². The number of alkyl halides is 3. The normalized spacial score (nSPS) is 19.6. The van der Waals surface area contributed by atoms with Crippen molar-refractivity contribution in [3.05, 3.63) is 63.2 Å². The minimum Gasteiger partial charge on any atom is -0.481 e. The molecule has 3 heterocycles. The van der Waals surface area contributed by atoms with Gasteiger partial charge >= 0.3 is 17.8 Å². The number of aliphatic carboxylic acids is 1. The van der Waals surface area contributed by atoms with Crippen molar-refractivity contribution < 1.29 is 23.1 Å². The number of nitrogens with zero attached hydrogens (tertiary/aromatic N) is 5. The van der Waals surface area contributed by atoms with E-state index >= 15 is 0 Å². The van der Waals surface area contributed by atoms with Gasteiger partial charge in [-0.25, -0.2) is 9.78 Å². The number of aryl methyl sites for hydroxylation is 1. The highest BCUT2D eigenvalue weighted by Crippen LogP contribution is 2.36. The zero-order chi connectivity index (χ0) is 27.8. The maximum absolute atomic E-state index is 13.1. The lowest BCUT2D eigenvalue weighted by Crippen LogP contribution is -2.59. The number of benzene rings is 1. The van der Waals surface area contributed by atoms with Crippen LogP contribution in [0.3, 0.4) is 0 Å². The van der Waals surface area contributed by atoms with Crippen molar-refractivity contribution >= 4 is 34.4 Å². The Morgan fingerprint density at radius 1 is 1.08 bits per heavy atom. The summed E-state index contributed by atoms with van der Waals surface area (Å²) >= 11 is 6.19. The summed E-state index contributed by atoms with van der Waals surface area (Å²) in [5.41, 5.74) is 0.367. The highest BCUT2D eigenvalue weighted by molar-refractivity contribution is 6.29.